The van der Waals surface area contributed by atoms with Crippen LogP contribution in [0.2, 0.25) is 0 Å². The normalized spacial score (nSPS) is 21.7. The van der Waals surface area contributed by atoms with Gasteiger partial charge in [0.15, 0.2) is 5.11 Å². The van der Waals surface area contributed by atoms with Crippen LogP contribution in [0.15, 0.2) is 54.6 Å². The second-order valence-electron chi connectivity index (χ2n) is 7.29. The van der Waals surface area contributed by atoms with E-state index in [-0.39, 0.29) is 11.1 Å². The van der Waals surface area contributed by atoms with Gasteiger partial charge in [0, 0.05) is 24.8 Å². The van der Waals surface area contributed by atoms with Crippen LogP contribution >= 0.6 is 12.2 Å². The number of thiocarbonyl (C=S) groups is 1. The molecular formula is C21H26N2O2S. The van der Waals surface area contributed by atoms with Crippen molar-refractivity contribution in [3.05, 3.63) is 60.2 Å². The topological polar surface area (TPSA) is 42.5 Å². The van der Waals surface area contributed by atoms with Crippen LogP contribution in [0.4, 0.5) is 5.69 Å². The molecule has 1 fully saturated rings. The summed E-state index contributed by atoms with van der Waals surface area (Å²) in [7, 11) is 1.66. The monoisotopic (exact) mass is 370 g/mol. The molecule has 3 rings (SSSR count). The summed E-state index contributed by atoms with van der Waals surface area (Å²) in [4.78, 5) is 0. The van der Waals surface area contributed by atoms with Gasteiger partial charge in [0.25, 0.3) is 0 Å². The molecule has 2 N–H and O–H groups in total. The average Bonchev–Trinajstić information content (AvgIpc) is 2.61. The Morgan fingerprint density at radius 1 is 1.12 bits per heavy atom. The Kier molecular flexibility index (Phi) is 5.49. The van der Waals surface area contributed by atoms with E-state index >= 15 is 0 Å². The van der Waals surface area contributed by atoms with Gasteiger partial charge in [-0.2, -0.15) is 0 Å². The Balaban J connectivity index is 1.82. The predicted octanol–water partition coefficient (Wildman–Crippen LogP) is 4.47. The van der Waals surface area contributed by atoms with Gasteiger partial charge in [0.2, 0.25) is 0 Å². The van der Waals surface area contributed by atoms with Crippen molar-refractivity contribution in [2.45, 2.75) is 37.8 Å². The van der Waals surface area contributed by atoms with Crippen molar-refractivity contribution in [1.29, 1.82) is 0 Å². The lowest BCUT2D eigenvalue weighted by Crippen LogP contribution is -2.55. The van der Waals surface area contributed by atoms with Crippen LogP contribution in [0.3, 0.4) is 0 Å². The fraction of sp³-hybridized carbons (Fsp3) is 0.381. The zero-order chi connectivity index (χ0) is 18.6. The molecule has 1 unspecified atom stereocenters. The van der Waals surface area contributed by atoms with Crippen LogP contribution in [-0.2, 0) is 10.3 Å². The predicted molar refractivity (Wildman–Crippen MR) is 110 cm³/mol. The quantitative estimate of drug-likeness (QED) is 0.778. The van der Waals surface area contributed by atoms with Crippen molar-refractivity contribution in [1.82, 2.24) is 5.32 Å². The van der Waals surface area contributed by atoms with Crippen molar-refractivity contribution < 1.29 is 9.47 Å². The SMILES string of the molecule is COc1cccc(NC(=S)NC2(c3ccccc3)CCOC(C)(C)C2)c1. The lowest BCUT2D eigenvalue weighted by Gasteiger charge is -2.46. The highest BCUT2D eigenvalue weighted by atomic mass is 32.1. The number of nitrogens with one attached hydrogen (secondary N) is 2. The van der Waals surface area contributed by atoms with Gasteiger partial charge in [-0.3, -0.25) is 0 Å². The third kappa shape index (κ3) is 4.34. The third-order valence-electron chi connectivity index (χ3n) is 4.76. The smallest absolute Gasteiger partial charge is 0.171 e. The van der Waals surface area contributed by atoms with Gasteiger partial charge in [0.05, 0.1) is 18.2 Å². The minimum Gasteiger partial charge on any atom is -0.497 e. The Labute approximate surface area is 160 Å². The van der Waals surface area contributed by atoms with Crippen LogP contribution in [-0.4, -0.2) is 24.4 Å². The Bertz CT molecular complexity index is 764. The Morgan fingerprint density at radius 3 is 2.58 bits per heavy atom. The van der Waals surface area contributed by atoms with Crippen LogP contribution in [0, 0.1) is 0 Å². The number of methoxy groups -OCH3 is 1. The number of ether oxygens (including phenoxy) is 2. The summed E-state index contributed by atoms with van der Waals surface area (Å²) in [5.41, 5.74) is 1.65. The first-order chi connectivity index (χ1) is 12.4. The molecule has 2 aromatic carbocycles. The molecule has 4 nitrogen and oxygen atoms in total. The highest BCUT2D eigenvalue weighted by molar-refractivity contribution is 7.80. The summed E-state index contributed by atoms with van der Waals surface area (Å²) in [6.45, 7) is 4.95. The van der Waals surface area contributed by atoms with Gasteiger partial charge in [0.1, 0.15) is 5.75 Å². The first kappa shape index (κ1) is 18.7. The summed E-state index contributed by atoms with van der Waals surface area (Å²) in [6.07, 6.45) is 1.70. The van der Waals surface area contributed by atoms with Crippen LogP contribution in [0.25, 0.3) is 0 Å². The summed E-state index contributed by atoms with van der Waals surface area (Å²) in [5, 5.41) is 7.47. The van der Waals surface area contributed by atoms with Gasteiger partial charge in [-0.15, -0.1) is 0 Å². The van der Waals surface area contributed by atoms with Gasteiger partial charge in [-0.25, -0.2) is 0 Å². The van der Waals surface area contributed by atoms with Crippen molar-refractivity contribution in [2.75, 3.05) is 19.0 Å². The van der Waals surface area contributed by atoms with Gasteiger partial charge in [-0.05, 0) is 50.2 Å². The molecule has 0 amide bonds. The minimum absolute atomic E-state index is 0.216. The molecule has 0 aliphatic carbocycles. The number of hydrogen-bond donors (Lipinski definition) is 2. The molecule has 5 heteroatoms. The van der Waals surface area contributed by atoms with Gasteiger partial charge in [-0.1, -0.05) is 36.4 Å². The molecule has 1 atom stereocenters. The highest BCUT2D eigenvalue weighted by Crippen LogP contribution is 2.39. The maximum absolute atomic E-state index is 5.95. The molecule has 1 heterocycles. The van der Waals surface area contributed by atoms with E-state index in [2.05, 4.69) is 48.7 Å². The van der Waals surface area contributed by atoms with Crippen LogP contribution < -0.4 is 15.4 Å². The molecule has 0 spiro atoms. The van der Waals surface area contributed by atoms with E-state index in [0.717, 1.165) is 24.3 Å². The van der Waals surface area contributed by atoms with E-state index in [1.165, 1.54) is 5.56 Å². The second-order valence-corrected chi connectivity index (χ2v) is 7.70. The number of anilines is 1. The zero-order valence-electron chi connectivity index (χ0n) is 15.5. The fourth-order valence-electron chi connectivity index (χ4n) is 3.63. The first-order valence-electron chi connectivity index (χ1n) is 8.85. The molecule has 138 valence electrons. The molecule has 0 aromatic heterocycles. The second kappa shape index (κ2) is 7.64. The van der Waals surface area contributed by atoms with Crippen molar-refractivity contribution in [3.63, 3.8) is 0 Å². The molecule has 1 aliphatic heterocycles. The number of rotatable bonds is 4. The zero-order valence-corrected chi connectivity index (χ0v) is 16.4. The molecule has 0 radical (unpaired) electrons. The average molecular weight is 371 g/mol. The minimum atomic E-state index is -0.258. The summed E-state index contributed by atoms with van der Waals surface area (Å²) >= 11 is 5.64. The molecular weight excluding hydrogens is 344 g/mol. The molecule has 1 saturated heterocycles. The molecule has 0 bridgehead atoms. The molecule has 26 heavy (non-hydrogen) atoms. The molecule has 1 aliphatic rings. The number of hydrogen-bond acceptors (Lipinski definition) is 3. The van der Waals surface area contributed by atoms with Crippen molar-refractivity contribution in [3.8, 4) is 5.75 Å². The van der Waals surface area contributed by atoms with E-state index in [4.69, 9.17) is 21.7 Å². The van der Waals surface area contributed by atoms with Crippen molar-refractivity contribution in [2.24, 2.45) is 0 Å². The van der Waals surface area contributed by atoms with Gasteiger partial charge < -0.3 is 20.1 Å². The molecule has 0 saturated carbocycles. The lowest BCUT2D eigenvalue weighted by molar-refractivity contribution is -0.0856. The summed E-state index contributed by atoms with van der Waals surface area (Å²) in [6, 6.07) is 18.2. The van der Waals surface area contributed by atoms with E-state index in [1.54, 1.807) is 7.11 Å². The Morgan fingerprint density at radius 2 is 1.88 bits per heavy atom. The van der Waals surface area contributed by atoms with Crippen LogP contribution in [0.5, 0.6) is 5.75 Å². The van der Waals surface area contributed by atoms with Crippen LogP contribution in [0.1, 0.15) is 32.3 Å². The van der Waals surface area contributed by atoms with E-state index < -0.39 is 0 Å². The highest BCUT2D eigenvalue weighted by Gasteiger charge is 2.42. The van der Waals surface area contributed by atoms with Gasteiger partial charge >= 0.3 is 0 Å². The van der Waals surface area contributed by atoms with Crippen molar-refractivity contribution >= 4 is 23.0 Å². The summed E-state index contributed by atoms with van der Waals surface area (Å²) < 4.78 is 11.2. The standard InChI is InChI=1S/C21H26N2O2S/c1-20(2)15-21(12-13-25-20,16-8-5-4-6-9-16)23-19(26)22-17-10-7-11-18(14-17)24-3/h4-11,14H,12-13,15H2,1-3H3,(H2,22,23,26). The van der Waals surface area contributed by atoms with E-state index in [9.17, 15) is 0 Å². The number of benzene rings is 2. The van der Waals surface area contributed by atoms with E-state index in [1.807, 2.05) is 30.3 Å². The largest absolute Gasteiger partial charge is 0.497 e. The van der Waals surface area contributed by atoms with E-state index in [0.29, 0.717) is 11.7 Å². The lowest BCUT2D eigenvalue weighted by atomic mass is 9.76. The maximum Gasteiger partial charge on any atom is 0.171 e. The third-order valence-corrected chi connectivity index (χ3v) is 4.96. The first-order valence-corrected chi connectivity index (χ1v) is 9.26. The summed E-state index contributed by atoms with van der Waals surface area (Å²) in [5.74, 6) is 0.794. The molecule has 2 aromatic rings. The Hall–Kier alpha value is -2.11. The maximum atomic E-state index is 5.95. The fourth-order valence-corrected chi connectivity index (χ4v) is 3.94.